The highest BCUT2D eigenvalue weighted by Gasteiger charge is 2.09. The van der Waals surface area contributed by atoms with Gasteiger partial charge in [0.1, 0.15) is 5.75 Å². The van der Waals surface area contributed by atoms with Crippen LogP contribution in [0.25, 0.3) is 10.9 Å². The quantitative estimate of drug-likeness (QED) is 0.829. The first-order valence-electron chi connectivity index (χ1n) is 4.94. The minimum atomic E-state index is 0.0106. The zero-order valence-electron chi connectivity index (χ0n) is 8.90. The highest BCUT2D eigenvalue weighted by molar-refractivity contribution is 5.82. The number of hydrogen-bond acceptors (Lipinski definition) is 3. The third-order valence-corrected chi connectivity index (χ3v) is 2.51. The molecule has 0 spiro atoms. The van der Waals surface area contributed by atoms with Crippen molar-refractivity contribution in [1.82, 2.24) is 9.78 Å². The SMILES string of the molecule is CCn1nc2cc(OC)ccc2c1CO. The predicted octanol–water partition coefficient (Wildman–Crippen LogP) is 1.56. The normalized spacial score (nSPS) is 10.9. The van der Waals surface area contributed by atoms with E-state index in [-0.39, 0.29) is 6.61 Å². The van der Waals surface area contributed by atoms with Crippen molar-refractivity contribution in [2.75, 3.05) is 7.11 Å². The minimum absolute atomic E-state index is 0.0106. The van der Waals surface area contributed by atoms with E-state index in [1.165, 1.54) is 0 Å². The molecule has 0 atom stereocenters. The van der Waals surface area contributed by atoms with E-state index in [4.69, 9.17) is 4.74 Å². The maximum atomic E-state index is 9.27. The summed E-state index contributed by atoms with van der Waals surface area (Å²) < 4.78 is 6.94. The summed E-state index contributed by atoms with van der Waals surface area (Å²) in [6.07, 6.45) is 0. The van der Waals surface area contributed by atoms with Crippen LogP contribution in [-0.2, 0) is 13.2 Å². The Labute approximate surface area is 88.1 Å². The van der Waals surface area contributed by atoms with Crippen LogP contribution in [-0.4, -0.2) is 22.0 Å². The fourth-order valence-corrected chi connectivity index (χ4v) is 1.72. The van der Waals surface area contributed by atoms with Crippen LogP contribution < -0.4 is 4.74 Å². The lowest BCUT2D eigenvalue weighted by molar-refractivity contribution is 0.270. The molecule has 0 saturated carbocycles. The molecule has 2 aromatic rings. The van der Waals surface area contributed by atoms with Gasteiger partial charge in [-0.05, 0) is 19.1 Å². The van der Waals surface area contributed by atoms with Gasteiger partial charge in [0.15, 0.2) is 0 Å². The molecule has 4 nitrogen and oxygen atoms in total. The molecule has 1 N–H and O–H groups in total. The lowest BCUT2D eigenvalue weighted by atomic mass is 10.2. The lowest BCUT2D eigenvalue weighted by Gasteiger charge is -2.00. The summed E-state index contributed by atoms with van der Waals surface area (Å²) in [5.74, 6) is 0.785. The van der Waals surface area contributed by atoms with Gasteiger partial charge in [0, 0.05) is 18.0 Å². The molecule has 0 aliphatic heterocycles. The molecule has 1 aromatic carbocycles. The smallest absolute Gasteiger partial charge is 0.121 e. The van der Waals surface area contributed by atoms with Crippen LogP contribution in [0.3, 0.4) is 0 Å². The Kier molecular flexibility index (Phi) is 2.60. The van der Waals surface area contributed by atoms with E-state index in [9.17, 15) is 5.11 Å². The second-order valence-corrected chi connectivity index (χ2v) is 3.30. The van der Waals surface area contributed by atoms with Gasteiger partial charge >= 0.3 is 0 Å². The maximum absolute atomic E-state index is 9.27. The topological polar surface area (TPSA) is 47.3 Å². The van der Waals surface area contributed by atoms with Crippen LogP contribution in [0.1, 0.15) is 12.6 Å². The summed E-state index contributed by atoms with van der Waals surface area (Å²) in [5, 5.41) is 14.6. The van der Waals surface area contributed by atoms with E-state index >= 15 is 0 Å². The van der Waals surface area contributed by atoms with Gasteiger partial charge in [-0.15, -0.1) is 0 Å². The standard InChI is InChI=1S/C11H14N2O2/c1-3-13-11(7-14)9-5-4-8(15-2)6-10(9)12-13/h4-6,14H,3,7H2,1-2H3. The van der Waals surface area contributed by atoms with Crippen LogP contribution >= 0.6 is 0 Å². The Balaban J connectivity index is 2.65. The van der Waals surface area contributed by atoms with Crippen LogP contribution in [0.15, 0.2) is 18.2 Å². The van der Waals surface area contributed by atoms with Crippen molar-refractivity contribution in [2.24, 2.45) is 0 Å². The molecule has 15 heavy (non-hydrogen) atoms. The molecule has 1 heterocycles. The number of aryl methyl sites for hydroxylation is 1. The van der Waals surface area contributed by atoms with Crippen molar-refractivity contribution in [2.45, 2.75) is 20.1 Å². The zero-order valence-corrected chi connectivity index (χ0v) is 8.90. The Morgan fingerprint density at radius 2 is 2.27 bits per heavy atom. The van der Waals surface area contributed by atoms with Crippen LogP contribution in [0.4, 0.5) is 0 Å². The molecule has 0 aliphatic rings. The molecule has 0 saturated heterocycles. The molecular formula is C11H14N2O2. The number of aliphatic hydroxyl groups is 1. The molecule has 80 valence electrons. The molecule has 0 amide bonds. The third kappa shape index (κ3) is 1.57. The molecule has 2 rings (SSSR count). The van der Waals surface area contributed by atoms with E-state index in [1.807, 2.05) is 29.8 Å². The average molecular weight is 206 g/mol. The molecule has 0 aliphatic carbocycles. The highest BCUT2D eigenvalue weighted by Crippen LogP contribution is 2.23. The van der Waals surface area contributed by atoms with E-state index < -0.39 is 0 Å². The third-order valence-electron chi connectivity index (χ3n) is 2.51. The number of fused-ring (bicyclic) bond motifs is 1. The van der Waals surface area contributed by atoms with E-state index in [0.717, 1.165) is 28.9 Å². The van der Waals surface area contributed by atoms with Crippen LogP contribution in [0.5, 0.6) is 5.75 Å². The van der Waals surface area contributed by atoms with Crippen molar-refractivity contribution < 1.29 is 9.84 Å². The summed E-state index contributed by atoms with van der Waals surface area (Å²) in [6, 6.07) is 5.68. The van der Waals surface area contributed by atoms with Gasteiger partial charge in [-0.1, -0.05) is 0 Å². The summed E-state index contributed by atoms with van der Waals surface area (Å²) in [6.45, 7) is 2.77. The van der Waals surface area contributed by atoms with E-state index in [2.05, 4.69) is 5.10 Å². The Morgan fingerprint density at radius 1 is 1.47 bits per heavy atom. The molecule has 0 fully saturated rings. The number of methoxy groups -OCH3 is 1. The number of aliphatic hydroxyl groups excluding tert-OH is 1. The van der Waals surface area contributed by atoms with Gasteiger partial charge in [0.2, 0.25) is 0 Å². The highest BCUT2D eigenvalue weighted by atomic mass is 16.5. The van der Waals surface area contributed by atoms with Gasteiger partial charge < -0.3 is 9.84 Å². The van der Waals surface area contributed by atoms with Crippen LogP contribution in [0, 0.1) is 0 Å². The second-order valence-electron chi connectivity index (χ2n) is 3.30. The number of nitrogens with zero attached hydrogens (tertiary/aromatic N) is 2. The number of rotatable bonds is 3. The molecule has 4 heteroatoms. The fourth-order valence-electron chi connectivity index (χ4n) is 1.72. The van der Waals surface area contributed by atoms with Gasteiger partial charge in [0.25, 0.3) is 0 Å². The molecular weight excluding hydrogens is 192 g/mol. The summed E-state index contributed by atoms with van der Waals surface area (Å²) in [4.78, 5) is 0. The number of aromatic nitrogens is 2. The first-order chi connectivity index (χ1) is 7.30. The summed E-state index contributed by atoms with van der Waals surface area (Å²) in [7, 11) is 1.63. The Hall–Kier alpha value is -1.55. The number of benzene rings is 1. The summed E-state index contributed by atoms with van der Waals surface area (Å²) >= 11 is 0. The molecule has 0 bridgehead atoms. The van der Waals surface area contributed by atoms with Crippen molar-refractivity contribution in [1.29, 1.82) is 0 Å². The largest absolute Gasteiger partial charge is 0.497 e. The zero-order chi connectivity index (χ0) is 10.8. The second kappa shape index (κ2) is 3.90. The minimum Gasteiger partial charge on any atom is -0.497 e. The molecule has 0 radical (unpaired) electrons. The monoisotopic (exact) mass is 206 g/mol. The number of hydrogen-bond donors (Lipinski definition) is 1. The van der Waals surface area contributed by atoms with E-state index in [1.54, 1.807) is 7.11 Å². The summed E-state index contributed by atoms with van der Waals surface area (Å²) in [5.41, 5.74) is 1.72. The van der Waals surface area contributed by atoms with Crippen molar-refractivity contribution >= 4 is 10.9 Å². The van der Waals surface area contributed by atoms with Gasteiger partial charge in [0.05, 0.1) is 24.9 Å². The van der Waals surface area contributed by atoms with Crippen molar-refractivity contribution in [3.8, 4) is 5.75 Å². The van der Waals surface area contributed by atoms with E-state index in [0.29, 0.717) is 0 Å². The molecule has 0 unspecified atom stereocenters. The van der Waals surface area contributed by atoms with Crippen molar-refractivity contribution in [3.63, 3.8) is 0 Å². The fraction of sp³-hybridized carbons (Fsp3) is 0.364. The number of ether oxygens (including phenoxy) is 1. The Bertz CT molecular complexity index is 477. The Morgan fingerprint density at radius 3 is 2.87 bits per heavy atom. The molecule has 1 aromatic heterocycles. The average Bonchev–Trinajstić information content (AvgIpc) is 2.65. The maximum Gasteiger partial charge on any atom is 0.121 e. The van der Waals surface area contributed by atoms with Gasteiger partial charge in [-0.25, -0.2) is 0 Å². The van der Waals surface area contributed by atoms with Gasteiger partial charge in [-0.3, -0.25) is 4.68 Å². The first kappa shape index (κ1) is 9.98. The first-order valence-corrected chi connectivity index (χ1v) is 4.94. The van der Waals surface area contributed by atoms with Crippen LogP contribution in [0.2, 0.25) is 0 Å². The predicted molar refractivity (Wildman–Crippen MR) is 57.9 cm³/mol. The lowest BCUT2D eigenvalue weighted by Crippen LogP contribution is -2.01. The van der Waals surface area contributed by atoms with Gasteiger partial charge in [-0.2, -0.15) is 5.10 Å². The van der Waals surface area contributed by atoms with Crippen molar-refractivity contribution in [3.05, 3.63) is 23.9 Å².